The van der Waals surface area contributed by atoms with E-state index in [9.17, 15) is 14.9 Å². The lowest BCUT2D eigenvalue weighted by molar-refractivity contribution is -0.384. The van der Waals surface area contributed by atoms with Crippen LogP contribution in [-0.2, 0) is 0 Å². The molecule has 194 valence electrons. The molecule has 1 saturated heterocycles. The summed E-state index contributed by atoms with van der Waals surface area (Å²) < 4.78 is 5.78. The van der Waals surface area contributed by atoms with Crippen LogP contribution in [0.25, 0.3) is 22.6 Å². The van der Waals surface area contributed by atoms with Gasteiger partial charge in [-0.2, -0.15) is 0 Å². The highest BCUT2D eigenvalue weighted by molar-refractivity contribution is 7.80. The Morgan fingerprint density at radius 2 is 1.79 bits per heavy atom. The number of thiocarbonyl (C=S) groups is 1. The van der Waals surface area contributed by atoms with E-state index in [1.54, 1.807) is 48.5 Å². The molecule has 12 heteroatoms. The van der Waals surface area contributed by atoms with Gasteiger partial charge in [-0.25, -0.2) is 4.98 Å². The van der Waals surface area contributed by atoms with E-state index in [0.717, 1.165) is 32.4 Å². The molecule has 0 atom stereocenters. The van der Waals surface area contributed by atoms with Crippen molar-refractivity contribution in [1.82, 2.24) is 10.3 Å². The minimum Gasteiger partial charge on any atom is -0.435 e. The number of carbonyl (C=O) groups is 1. The summed E-state index contributed by atoms with van der Waals surface area (Å²) in [5, 5.41) is 18.1. The van der Waals surface area contributed by atoms with E-state index in [4.69, 9.17) is 39.8 Å². The molecular formula is C26H21Cl2N5O4S. The molecule has 2 N–H and O–H groups in total. The molecule has 4 aromatic rings. The fourth-order valence-electron chi connectivity index (χ4n) is 4.33. The number of fused-ring (bicyclic) bond motifs is 1. The van der Waals surface area contributed by atoms with Crippen LogP contribution in [-0.4, -0.2) is 34.0 Å². The van der Waals surface area contributed by atoms with Gasteiger partial charge in [0.2, 0.25) is 5.89 Å². The van der Waals surface area contributed by atoms with Crippen LogP contribution in [0.5, 0.6) is 0 Å². The zero-order chi connectivity index (χ0) is 26.8. The molecule has 5 rings (SSSR count). The number of nitro benzene ring substituents is 1. The van der Waals surface area contributed by atoms with Crippen LogP contribution in [0.1, 0.15) is 29.6 Å². The molecule has 1 amide bonds. The van der Waals surface area contributed by atoms with Gasteiger partial charge in [-0.15, -0.1) is 0 Å². The van der Waals surface area contributed by atoms with E-state index in [1.165, 1.54) is 6.07 Å². The van der Waals surface area contributed by atoms with Gasteiger partial charge in [0.1, 0.15) is 11.2 Å². The molecule has 2 heterocycles. The predicted molar refractivity (Wildman–Crippen MR) is 152 cm³/mol. The lowest BCUT2D eigenvalue weighted by Gasteiger charge is -2.28. The number of amides is 1. The summed E-state index contributed by atoms with van der Waals surface area (Å²) in [4.78, 5) is 30.4. The molecule has 0 unspecified atom stereocenters. The Morgan fingerprint density at radius 3 is 2.50 bits per heavy atom. The summed E-state index contributed by atoms with van der Waals surface area (Å²) in [5.74, 6) is -0.171. The molecule has 1 fully saturated rings. The van der Waals surface area contributed by atoms with E-state index in [-0.39, 0.29) is 16.4 Å². The number of aromatic nitrogens is 1. The average Bonchev–Trinajstić information content (AvgIpc) is 3.33. The highest BCUT2D eigenvalue weighted by Crippen LogP contribution is 2.33. The van der Waals surface area contributed by atoms with Gasteiger partial charge in [0.05, 0.1) is 9.95 Å². The van der Waals surface area contributed by atoms with Crippen molar-refractivity contribution < 1.29 is 14.1 Å². The molecule has 1 aliphatic rings. The molecule has 1 aromatic heterocycles. The maximum absolute atomic E-state index is 12.8. The molecule has 0 aliphatic carbocycles. The lowest BCUT2D eigenvalue weighted by atomic mass is 10.1. The minimum atomic E-state index is -0.547. The van der Waals surface area contributed by atoms with Crippen molar-refractivity contribution in [1.29, 1.82) is 0 Å². The first-order valence-corrected chi connectivity index (χ1v) is 13.0. The third kappa shape index (κ3) is 5.57. The monoisotopic (exact) mass is 569 g/mol. The number of nitrogens with zero attached hydrogens (tertiary/aromatic N) is 3. The Hall–Kier alpha value is -3.73. The normalized spacial score (nSPS) is 13.4. The second-order valence-corrected chi connectivity index (χ2v) is 10.0. The second kappa shape index (κ2) is 10.9. The Kier molecular flexibility index (Phi) is 7.46. The maximum atomic E-state index is 12.8. The zero-order valence-corrected chi connectivity index (χ0v) is 22.2. The van der Waals surface area contributed by atoms with Gasteiger partial charge in [0.15, 0.2) is 10.7 Å². The van der Waals surface area contributed by atoms with Gasteiger partial charge in [0.25, 0.3) is 11.6 Å². The first kappa shape index (κ1) is 25.9. The quantitative estimate of drug-likeness (QED) is 0.153. The first-order valence-electron chi connectivity index (χ1n) is 11.8. The third-order valence-corrected chi connectivity index (χ3v) is 6.86. The number of nitrogens with one attached hydrogen (secondary N) is 2. The van der Waals surface area contributed by atoms with Crippen molar-refractivity contribution in [2.24, 2.45) is 0 Å². The van der Waals surface area contributed by atoms with E-state index >= 15 is 0 Å². The number of oxazole rings is 1. The van der Waals surface area contributed by atoms with E-state index in [2.05, 4.69) is 15.6 Å². The molecule has 0 bridgehead atoms. The van der Waals surface area contributed by atoms with Gasteiger partial charge in [0, 0.05) is 41.0 Å². The molecule has 0 spiro atoms. The van der Waals surface area contributed by atoms with Crippen molar-refractivity contribution in [3.05, 3.63) is 80.3 Å². The van der Waals surface area contributed by atoms with Gasteiger partial charge in [-0.05, 0) is 80.0 Å². The van der Waals surface area contributed by atoms with Crippen LogP contribution >= 0.6 is 35.4 Å². The van der Waals surface area contributed by atoms with Gasteiger partial charge < -0.3 is 14.6 Å². The van der Waals surface area contributed by atoms with E-state index in [0.29, 0.717) is 44.0 Å². The SMILES string of the molecule is O=C(NC(=S)Nc1ccc(-c2nc3cc(Cl)cc(Cl)c3o2)cc1)c1ccc(N2CCCCC2)c([N+](=O)[O-])c1. The van der Waals surface area contributed by atoms with E-state index < -0.39 is 10.8 Å². The smallest absolute Gasteiger partial charge is 0.293 e. The number of rotatable bonds is 5. The summed E-state index contributed by atoms with van der Waals surface area (Å²) >= 11 is 17.5. The number of nitro groups is 1. The van der Waals surface area contributed by atoms with Crippen molar-refractivity contribution in [3.8, 4) is 11.5 Å². The van der Waals surface area contributed by atoms with Gasteiger partial charge in [-0.1, -0.05) is 23.2 Å². The van der Waals surface area contributed by atoms with Gasteiger partial charge in [-0.3, -0.25) is 20.2 Å². The average molecular weight is 570 g/mol. The van der Waals surface area contributed by atoms with Crippen LogP contribution in [0, 0.1) is 10.1 Å². The lowest BCUT2D eigenvalue weighted by Crippen LogP contribution is -2.34. The molecule has 0 saturated carbocycles. The van der Waals surface area contributed by atoms with Crippen molar-refractivity contribution in [3.63, 3.8) is 0 Å². The maximum Gasteiger partial charge on any atom is 0.293 e. The highest BCUT2D eigenvalue weighted by Gasteiger charge is 2.23. The fourth-order valence-corrected chi connectivity index (χ4v) is 5.06. The van der Waals surface area contributed by atoms with Crippen LogP contribution in [0.3, 0.4) is 0 Å². The molecule has 0 radical (unpaired) electrons. The Labute approximate surface area is 232 Å². The standard InChI is InChI=1S/C26H21Cl2N5O4S/c27-17-13-19(28)23-20(14-17)30-25(37-23)15-4-7-18(8-5-15)29-26(38)31-24(34)16-6-9-21(22(12-16)33(35)36)32-10-2-1-3-11-32/h4-9,12-14H,1-3,10-11H2,(H2,29,31,34,38). The summed E-state index contributed by atoms with van der Waals surface area (Å²) in [7, 11) is 0. The van der Waals surface area contributed by atoms with Crippen molar-refractivity contribution in [2.45, 2.75) is 19.3 Å². The van der Waals surface area contributed by atoms with Gasteiger partial charge >= 0.3 is 0 Å². The minimum absolute atomic E-state index is 0.0498. The molecule has 1 aliphatic heterocycles. The summed E-state index contributed by atoms with van der Waals surface area (Å²) in [6.45, 7) is 1.52. The number of hydrogen-bond donors (Lipinski definition) is 2. The second-order valence-electron chi connectivity index (χ2n) is 8.75. The van der Waals surface area contributed by atoms with Crippen LogP contribution in [0.15, 0.2) is 59.0 Å². The third-order valence-electron chi connectivity index (χ3n) is 6.16. The summed E-state index contributed by atoms with van der Waals surface area (Å²) in [6.07, 6.45) is 3.08. The first-order chi connectivity index (χ1) is 18.3. The number of anilines is 2. The number of carbonyl (C=O) groups excluding carboxylic acids is 1. The predicted octanol–water partition coefficient (Wildman–Crippen LogP) is 6.83. The van der Waals surface area contributed by atoms with Crippen molar-refractivity contribution in [2.75, 3.05) is 23.3 Å². The van der Waals surface area contributed by atoms with Crippen LogP contribution in [0.4, 0.5) is 17.1 Å². The van der Waals surface area contributed by atoms with Crippen LogP contribution in [0.2, 0.25) is 10.0 Å². The topological polar surface area (TPSA) is 114 Å². The summed E-state index contributed by atoms with van der Waals surface area (Å²) in [5.41, 5.74) is 2.88. The largest absolute Gasteiger partial charge is 0.435 e. The number of halogens is 2. The molecular weight excluding hydrogens is 549 g/mol. The number of piperidine rings is 1. The molecule has 3 aromatic carbocycles. The highest BCUT2D eigenvalue weighted by atomic mass is 35.5. The molecule has 38 heavy (non-hydrogen) atoms. The van der Waals surface area contributed by atoms with Crippen LogP contribution < -0.4 is 15.5 Å². The molecule has 9 nitrogen and oxygen atoms in total. The van der Waals surface area contributed by atoms with Crippen molar-refractivity contribution >= 4 is 74.6 Å². The number of benzene rings is 3. The Bertz CT molecular complexity index is 1550. The Morgan fingerprint density at radius 1 is 1.05 bits per heavy atom. The van der Waals surface area contributed by atoms with E-state index in [1.807, 2.05) is 4.90 Å². The number of hydrogen-bond acceptors (Lipinski definition) is 7. The Balaban J connectivity index is 1.25. The zero-order valence-electron chi connectivity index (χ0n) is 19.9. The summed E-state index contributed by atoms with van der Waals surface area (Å²) in [6, 6.07) is 14.8. The fraction of sp³-hybridized carbons (Fsp3) is 0.192.